The molecule has 1 aromatic rings. The molecule has 0 aliphatic carbocycles. The summed E-state index contributed by atoms with van der Waals surface area (Å²) in [7, 11) is 0. The summed E-state index contributed by atoms with van der Waals surface area (Å²) >= 11 is 1.54. The van der Waals surface area contributed by atoms with Crippen LogP contribution >= 0.6 is 11.8 Å². The molecule has 18 heavy (non-hydrogen) atoms. The number of anilines is 1. The fourth-order valence-corrected chi connectivity index (χ4v) is 2.01. The Kier molecular flexibility index (Phi) is 6.14. The lowest BCUT2D eigenvalue weighted by Gasteiger charge is -2.06. The largest absolute Gasteiger partial charge is 0.408 e. The summed E-state index contributed by atoms with van der Waals surface area (Å²) in [6, 6.07) is 0.163. The monoisotopic (exact) mass is 272 g/mol. The van der Waals surface area contributed by atoms with Crippen LogP contribution in [-0.4, -0.2) is 34.2 Å². The van der Waals surface area contributed by atoms with Crippen molar-refractivity contribution in [2.75, 3.05) is 23.4 Å². The molecule has 1 heterocycles. The number of aromatic nitrogens is 2. The van der Waals surface area contributed by atoms with Gasteiger partial charge in [0.2, 0.25) is 11.8 Å². The fraction of sp³-hybridized carbons (Fsp3) is 0.727. The van der Waals surface area contributed by atoms with Gasteiger partial charge in [0.05, 0.1) is 5.75 Å². The van der Waals surface area contributed by atoms with E-state index in [4.69, 9.17) is 10.2 Å². The summed E-state index contributed by atoms with van der Waals surface area (Å²) in [5.74, 6) is 2.19. The van der Waals surface area contributed by atoms with Gasteiger partial charge in [-0.1, -0.05) is 25.9 Å². The maximum Gasteiger partial charge on any atom is 0.322 e. The third-order valence-electron chi connectivity index (χ3n) is 2.22. The smallest absolute Gasteiger partial charge is 0.322 e. The standard InChI is InChI=1S/C11H20N4O2S/c1-7(2)10-14-15-11(17-10)13-9(16)6-18-5-8(3)4-12/h7-8H,4-6,12H2,1-3H3,(H,13,15,16). The molecule has 1 rings (SSSR count). The van der Waals surface area contributed by atoms with Crippen molar-refractivity contribution in [2.24, 2.45) is 11.7 Å². The van der Waals surface area contributed by atoms with Crippen molar-refractivity contribution in [1.82, 2.24) is 10.2 Å². The van der Waals surface area contributed by atoms with Crippen LogP contribution in [-0.2, 0) is 4.79 Å². The zero-order valence-electron chi connectivity index (χ0n) is 11.0. The van der Waals surface area contributed by atoms with E-state index in [0.29, 0.717) is 24.1 Å². The van der Waals surface area contributed by atoms with Gasteiger partial charge in [-0.3, -0.25) is 10.1 Å². The van der Waals surface area contributed by atoms with Crippen molar-refractivity contribution in [3.63, 3.8) is 0 Å². The van der Waals surface area contributed by atoms with Crippen LogP contribution < -0.4 is 11.1 Å². The number of nitrogens with two attached hydrogens (primary N) is 1. The van der Waals surface area contributed by atoms with E-state index in [1.54, 1.807) is 11.8 Å². The molecule has 1 atom stereocenters. The quantitative estimate of drug-likeness (QED) is 0.780. The maximum absolute atomic E-state index is 11.6. The van der Waals surface area contributed by atoms with Crippen LogP contribution in [0, 0.1) is 5.92 Å². The van der Waals surface area contributed by atoms with Gasteiger partial charge in [0.15, 0.2) is 0 Å². The van der Waals surface area contributed by atoms with Crippen LogP contribution in [0.1, 0.15) is 32.6 Å². The lowest BCUT2D eigenvalue weighted by Crippen LogP contribution is -2.17. The molecule has 0 saturated carbocycles. The predicted octanol–water partition coefficient (Wildman–Crippen LogP) is 1.46. The van der Waals surface area contributed by atoms with E-state index in [2.05, 4.69) is 22.4 Å². The summed E-state index contributed by atoms with van der Waals surface area (Å²) in [5.41, 5.74) is 5.50. The first-order valence-electron chi connectivity index (χ1n) is 5.94. The highest BCUT2D eigenvalue weighted by Crippen LogP contribution is 2.15. The number of nitrogens with one attached hydrogen (secondary N) is 1. The lowest BCUT2D eigenvalue weighted by molar-refractivity contribution is -0.113. The van der Waals surface area contributed by atoms with Crippen LogP contribution in [0.3, 0.4) is 0 Å². The van der Waals surface area contributed by atoms with E-state index >= 15 is 0 Å². The SMILES string of the molecule is CC(CN)CSCC(=O)Nc1nnc(C(C)C)o1. The van der Waals surface area contributed by atoms with Gasteiger partial charge in [0, 0.05) is 5.92 Å². The Hall–Kier alpha value is -1.08. The molecule has 1 unspecified atom stereocenters. The maximum atomic E-state index is 11.6. The molecule has 7 heteroatoms. The highest BCUT2D eigenvalue weighted by atomic mass is 32.2. The molecule has 0 radical (unpaired) electrons. The zero-order chi connectivity index (χ0) is 13.5. The molecular weight excluding hydrogens is 252 g/mol. The molecular formula is C11H20N4O2S. The second kappa shape index (κ2) is 7.38. The average Bonchev–Trinajstić information content (AvgIpc) is 2.77. The molecule has 102 valence electrons. The topological polar surface area (TPSA) is 94.0 Å². The first kappa shape index (κ1) is 15.0. The molecule has 1 aromatic heterocycles. The van der Waals surface area contributed by atoms with E-state index in [1.165, 1.54) is 0 Å². The summed E-state index contributed by atoms with van der Waals surface area (Å²) in [6.07, 6.45) is 0. The van der Waals surface area contributed by atoms with Gasteiger partial charge >= 0.3 is 6.01 Å². The Bertz CT molecular complexity index is 381. The summed E-state index contributed by atoms with van der Waals surface area (Å²) in [6.45, 7) is 6.58. The third-order valence-corrected chi connectivity index (χ3v) is 3.49. The van der Waals surface area contributed by atoms with Crippen LogP contribution in [0.25, 0.3) is 0 Å². The Morgan fingerprint density at radius 3 is 2.72 bits per heavy atom. The van der Waals surface area contributed by atoms with Crippen LogP contribution in [0.15, 0.2) is 4.42 Å². The van der Waals surface area contributed by atoms with Gasteiger partial charge in [-0.2, -0.15) is 11.8 Å². The number of nitrogens with zero attached hydrogens (tertiary/aromatic N) is 2. The number of thioether (sulfide) groups is 1. The Morgan fingerprint density at radius 2 is 2.17 bits per heavy atom. The zero-order valence-corrected chi connectivity index (χ0v) is 11.8. The van der Waals surface area contributed by atoms with Gasteiger partial charge < -0.3 is 10.2 Å². The van der Waals surface area contributed by atoms with Crippen molar-refractivity contribution in [2.45, 2.75) is 26.7 Å². The van der Waals surface area contributed by atoms with Crippen molar-refractivity contribution in [3.05, 3.63) is 5.89 Å². The van der Waals surface area contributed by atoms with E-state index in [1.807, 2.05) is 13.8 Å². The Balaban J connectivity index is 2.31. The molecule has 3 N–H and O–H groups in total. The Labute approximate surface area is 111 Å². The summed E-state index contributed by atoms with van der Waals surface area (Å²) in [4.78, 5) is 11.6. The normalized spacial score (nSPS) is 12.7. The van der Waals surface area contributed by atoms with E-state index in [9.17, 15) is 4.79 Å². The van der Waals surface area contributed by atoms with Crippen LogP contribution in [0.4, 0.5) is 6.01 Å². The predicted molar refractivity (Wildman–Crippen MR) is 72.6 cm³/mol. The highest BCUT2D eigenvalue weighted by Gasteiger charge is 2.12. The van der Waals surface area contributed by atoms with Crippen molar-refractivity contribution in [3.8, 4) is 0 Å². The van der Waals surface area contributed by atoms with Crippen LogP contribution in [0.2, 0.25) is 0 Å². The van der Waals surface area contributed by atoms with Gasteiger partial charge in [-0.05, 0) is 18.2 Å². The lowest BCUT2D eigenvalue weighted by atomic mass is 10.2. The molecule has 0 fully saturated rings. The van der Waals surface area contributed by atoms with Crippen molar-refractivity contribution < 1.29 is 9.21 Å². The minimum absolute atomic E-state index is 0.136. The van der Waals surface area contributed by atoms with Crippen molar-refractivity contribution >= 4 is 23.7 Å². The van der Waals surface area contributed by atoms with E-state index in [-0.39, 0.29) is 17.8 Å². The third kappa shape index (κ3) is 5.05. The Morgan fingerprint density at radius 1 is 1.44 bits per heavy atom. The molecule has 0 spiro atoms. The first-order valence-corrected chi connectivity index (χ1v) is 7.09. The molecule has 0 aliphatic rings. The van der Waals surface area contributed by atoms with Gasteiger partial charge in [0.1, 0.15) is 0 Å². The fourth-order valence-electron chi connectivity index (χ4n) is 1.09. The number of carbonyl (C=O) groups excluding carboxylic acids is 1. The first-order chi connectivity index (χ1) is 8.52. The second-order valence-electron chi connectivity index (χ2n) is 4.50. The minimum atomic E-state index is -0.136. The summed E-state index contributed by atoms with van der Waals surface area (Å²) in [5, 5.41) is 10.2. The molecule has 6 nitrogen and oxygen atoms in total. The second-order valence-corrected chi connectivity index (χ2v) is 5.53. The van der Waals surface area contributed by atoms with E-state index < -0.39 is 0 Å². The number of carbonyl (C=O) groups is 1. The van der Waals surface area contributed by atoms with Gasteiger partial charge in [0.25, 0.3) is 0 Å². The average molecular weight is 272 g/mol. The van der Waals surface area contributed by atoms with Gasteiger partial charge in [-0.25, -0.2) is 0 Å². The molecule has 1 amide bonds. The summed E-state index contributed by atoms with van der Waals surface area (Å²) < 4.78 is 5.28. The number of rotatable bonds is 7. The number of hydrogen-bond acceptors (Lipinski definition) is 6. The van der Waals surface area contributed by atoms with Crippen LogP contribution in [0.5, 0.6) is 0 Å². The highest BCUT2D eigenvalue weighted by molar-refractivity contribution is 7.99. The van der Waals surface area contributed by atoms with Gasteiger partial charge in [-0.15, -0.1) is 5.10 Å². The molecule has 0 aliphatic heterocycles. The molecule has 0 aromatic carbocycles. The molecule has 0 saturated heterocycles. The molecule has 0 bridgehead atoms. The van der Waals surface area contributed by atoms with E-state index in [0.717, 1.165) is 5.75 Å². The minimum Gasteiger partial charge on any atom is -0.408 e. The number of amides is 1. The number of hydrogen-bond donors (Lipinski definition) is 2. The van der Waals surface area contributed by atoms with Crippen molar-refractivity contribution in [1.29, 1.82) is 0 Å².